The van der Waals surface area contributed by atoms with Crippen molar-refractivity contribution in [3.63, 3.8) is 0 Å². The van der Waals surface area contributed by atoms with E-state index in [1.54, 1.807) is 6.07 Å². The number of nitrogens with zero attached hydrogens (tertiary/aromatic N) is 2. The molecule has 2 aromatic carbocycles. The third-order valence-electron chi connectivity index (χ3n) is 7.43. The zero-order valence-corrected chi connectivity index (χ0v) is 24.2. The summed E-state index contributed by atoms with van der Waals surface area (Å²) in [5, 5.41) is 5.88. The molecule has 1 heterocycles. The number of aromatic nitrogens is 1. The predicted molar refractivity (Wildman–Crippen MR) is 158 cm³/mol. The molecule has 0 aliphatic carbocycles. The number of amides is 2. The Morgan fingerprint density at radius 1 is 0.953 bits per heavy atom. The number of hydrogen-bond donors (Lipinski definition) is 5. The molecule has 0 bridgehead atoms. The van der Waals surface area contributed by atoms with E-state index in [2.05, 4.69) is 15.6 Å². The summed E-state index contributed by atoms with van der Waals surface area (Å²) in [5.74, 6) is -1.56. The lowest BCUT2D eigenvalue weighted by Gasteiger charge is -2.34. The van der Waals surface area contributed by atoms with Crippen molar-refractivity contribution in [3.05, 3.63) is 71.7 Å². The van der Waals surface area contributed by atoms with Crippen molar-refractivity contribution in [3.8, 4) is 0 Å². The van der Waals surface area contributed by atoms with Crippen LogP contribution in [-0.4, -0.2) is 73.1 Å². The second-order valence-corrected chi connectivity index (χ2v) is 11.0. The van der Waals surface area contributed by atoms with Crippen molar-refractivity contribution in [1.82, 2.24) is 10.3 Å². The first kappa shape index (κ1) is 33.8. The zero-order chi connectivity index (χ0) is 31.6. The number of likely N-dealkylation sites (N-methyl/N-ethyl adjacent to an activating group) is 1. The van der Waals surface area contributed by atoms with Gasteiger partial charge in [-0.05, 0) is 67.6 Å². The van der Waals surface area contributed by atoms with Crippen LogP contribution in [0.3, 0.4) is 0 Å². The van der Waals surface area contributed by atoms with E-state index in [0.29, 0.717) is 46.9 Å². The molecular formula is C30H40F4N7O2+. The average Bonchev–Trinajstić information content (AvgIpc) is 2.94. The molecular weight excluding hydrogens is 566 g/mol. The molecule has 0 aliphatic rings. The van der Waals surface area contributed by atoms with E-state index in [4.69, 9.17) is 17.2 Å². The first-order valence-corrected chi connectivity index (χ1v) is 14.2. The summed E-state index contributed by atoms with van der Waals surface area (Å²) in [6, 6.07) is 8.30. The number of aryl methyl sites for hydroxylation is 1. The summed E-state index contributed by atoms with van der Waals surface area (Å²) in [4.78, 5) is 30.6. The first-order chi connectivity index (χ1) is 20.3. The first-order valence-electron chi connectivity index (χ1n) is 14.2. The van der Waals surface area contributed by atoms with Crippen molar-refractivity contribution < 1.29 is 31.6 Å². The van der Waals surface area contributed by atoms with Gasteiger partial charge in [-0.1, -0.05) is 12.1 Å². The number of hydrogen-bond acceptors (Lipinski definition) is 6. The van der Waals surface area contributed by atoms with E-state index in [1.165, 1.54) is 36.5 Å². The number of nitrogens with two attached hydrogens (primary N) is 3. The van der Waals surface area contributed by atoms with Crippen molar-refractivity contribution in [2.45, 2.75) is 43.9 Å². The van der Waals surface area contributed by atoms with Crippen molar-refractivity contribution >= 4 is 28.4 Å². The third-order valence-corrected chi connectivity index (χ3v) is 7.43. The van der Waals surface area contributed by atoms with Gasteiger partial charge in [-0.25, -0.2) is 4.39 Å². The van der Waals surface area contributed by atoms with Gasteiger partial charge in [0.1, 0.15) is 11.9 Å². The minimum Gasteiger partial charge on any atom is -0.343 e. The maximum absolute atomic E-state index is 13.7. The fourth-order valence-corrected chi connectivity index (χ4v) is 4.90. The van der Waals surface area contributed by atoms with E-state index in [0.717, 1.165) is 31.8 Å². The Balaban J connectivity index is 1.70. The second-order valence-electron chi connectivity index (χ2n) is 11.0. The largest absolute Gasteiger partial charge is 0.416 e. The van der Waals surface area contributed by atoms with Crippen LogP contribution >= 0.6 is 0 Å². The van der Waals surface area contributed by atoms with Gasteiger partial charge in [0.2, 0.25) is 11.8 Å². The topological polar surface area (TPSA) is 149 Å². The fraction of sp³-hybridized carbons (Fsp3) is 0.433. The van der Waals surface area contributed by atoms with Gasteiger partial charge in [0.05, 0.1) is 55.7 Å². The molecule has 13 heteroatoms. The number of fused-ring (bicyclic) bond motifs is 1. The quantitative estimate of drug-likeness (QED) is 0.133. The van der Waals surface area contributed by atoms with Crippen LogP contribution in [0.15, 0.2) is 54.7 Å². The van der Waals surface area contributed by atoms with Crippen LogP contribution in [0.5, 0.6) is 0 Å². The summed E-state index contributed by atoms with van der Waals surface area (Å²) in [6.07, 6.45) is -1.76. The number of carbonyl (C=O) groups is 2. The Hall–Kier alpha value is -3.65. The van der Waals surface area contributed by atoms with Gasteiger partial charge in [-0.2, -0.15) is 13.2 Å². The Labute approximate surface area is 248 Å². The Morgan fingerprint density at radius 2 is 1.63 bits per heavy atom. The molecule has 0 radical (unpaired) electrons. The predicted octanol–water partition coefficient (Wildman–Crippen LogP) is 2.92. The molecule has 1 aromatic heterocycles. The highest BCUT2D eigenvalue weighted by Gasteiger charge is 2.30. The molecule has 0 saturated heterocycles. The van der Waals surface area contributed by atoms with E-state index in [9.17, 15) is 27.2 Å². The maximum atomic E-state index is 13.7. The normalized spacial score (nSPS) is 13.5. The number of carbonyl (C=O) groups excluding carboxylic acids is 2. The third kappa shape index (κ3) is 10.2. The summed E-state index contributed by atoms with van der Waals surface area (Å²) in [5.41, 5.74) is 18.3. The Kier molecular flexibility index (Phi) is 12.0. The van der Waals surface area contributed by atoms with Gasteiger partial charge in [0, 0.05) is 18.5 Å². The molecule has 0 saturated carbocycles. The number of quaternary nitrogens is 1. The highest BCUT2D eigenvalue weighted by atomic mass is 19.4. The van der Waals surface area contributed by atoms with Crippen LogP contribution in [0.1, 0.15) is 30.4 Å². The van der Waals surface area contributed by atoms with Crippen molar-refractivity contribution in [2.24, 2.45) is 17.2 Å². The van der Waals surface area contributed by atoms with E-state index < -0.39 is 41.5 Å². The SMILES string of the molecule is C[N+](CCN)(CCN)CCC[C@H](N)C(=O)N[C@H](CCc1ccc(C(F)(F)F)cc1)C(=O)Nc1cnc2ccc(F)cc2c1. The van der Waals surface area contributed by atoms with E-state index in [1.807, 2.05) is 7.05 Å². The molecule has 0 aliphatic heterocycles. The van der Waals surface area contributed by atoms with Crippen LogP contribution in [0.25, 0.3) is 10.9 Å². The minimum absolute atomic E-state index is 0.0905. The number of halogens is 4. The number of rotatable bonds is 15. The summed E-state index contributed by atoms with van der Waals surface area (Å²) < 4.78 is 53.3. The highest BCUT2D eigenvalue weighted by molar-refractivity contribution is 5.98. The zero-order valence-electron chi connectivity index (χ0n) is 24.2. The van der Waals surface area contributed by atoms with Gasteiger partial charge >= 0.3 is 6.18 Å². The molecule has 0 fully saturated rings. The molecule has 2 amide bonds. The summed E-state index contributed by atoms with van der Waals surface area (Å²) in [7, 11) is 2.04. The van der Waals surface area contributed by atoms with E-state index in [-0.39, 0.29) is 18.5 Å². The number of nitrogens with one attached hydrogen (secondary N) is 2. The van der Waals surface area contributed by atoms with Crippen LogP contribution in [0.4, 0.5) is 23.2 Å². The lowest BCUT2D eigenvalue weighted by molar-refractivity contribution is -0.907. The fourth-order valence-electron chi connectivity index (χ4n) is 4.90. The van der Waals surface area contributed by atoms with E-state index >= 15 is 0 Å². The molecule has 2 atom stereocenters. The van der Waals surface area contributed by atoms with Gasteiger partial charge < -0.3 is 32.3 Å². The van der Waals surface area contributed by atoms with Gasteiger partial charge in [0.15, 0.2) is 0 Å². The number of alkyl halides is 3. The van der Waals surface area contributed by atoms with Crippen LogP contribution in [0, 0.1) is 5.82 Å². The van der Waals surface area contributed by atoms with Crippen LogP contribution in [0.2, 0.25) is 0 Å². The number of pyridine rings is 1. The Morgan fingerprint density at radius 3 is 2.26 bits per heavy atom. The van der Waals surface area contributed by atoms with Gasteiger partial charge in [-0.15, -0.1) is 0 Å². The molecule has 0 unspecified atom stereocenters. The summed E-state index contributed by atoms with van der Waals surface area (Å²) in [6.45, 7) is 3.20. The molecule has 234 valence electrons. The monoisotopic (exact) mass is 606 g/mol. The highest BCUT2D eigenvalue weighted by Crippen LogP contribution is 2.29. The molecule has 43 heavy (non-hydrogen) atoms. The molecule has 3 rings (SSSR count). The molecule has 9 nitrogen and oxygen atoms in total. The lowest BCUT2D eigenvalue weighted by atomic mass is 10.0. The standard InChI is InChI=1S/C30H39F4N7O2/c1-41(15-12-35,16-13-36)14-2-3-25(37)28(42)40-27(10-6-20-4-7-22(8-5-20)30(32,33)34)29(43)39-24-18-21-17-23(31)9-11-26(21)38-19-24/h4-5,7-9,11,17-19,25,27H,2-3,6,10,12-16,35-37H2,1H3,(H-,39,40,42,43)/p+1/t25-,27+/m0/s1. The van der Waals surface area contributed by atoms with Crippen LogP contribution < -0.4 is 27.8 Å². The van der Waals surface area contributed by atoms with Gasteiger partial charge in [0.25, 0.3) is 0 Å². The number of anilines is 1. The average molecular weight is 607 g/mol. The Bertz CT molecular complexity index is 1360. The summed E-state index contributed by atoms with van der Waals surface area (Å²) >= 11 is 0. The van der Waals surface area contributed by atoms with Crippen molar-refractivity contribution in [1.29, 1.82) is 0 Å². The molecule has 8 N–H and O–H groups in total. The second kappa shape index (κ2) is 15.2. The van der Waals surface area contributed by atoms with Gasteiger partial charge in [-0.3, -0.25) is 14.6 Å². The lowest BCUT2D eigenvalue weighted by Crippen LogP contribution is -2.52. The maximum Gasteiger partial charge on any atom is 0.416 e. The van der Waals surface area contributed by atoms with Crippen molar-refractivity contribution in [2.75, 3.05) is 45.1 Å². The minimum atomic E-state index is -4.47. The number of benzene rings is 2. The molecule has 0 spiro atoms. The van der Waals surface area contributed by atoms with Crippen LogP contribution in [-0.2, 0) is 22.2 Å². The molecule has 3 aromatic rings. The smallest absolute Gasteiger partial charge is 0.343 e.